The molecule has 2 N–H and O–H groups in total. The third-order valence-electron chi connectivity index (χ3n) is 3.81. The molecule has 0 aliphatic carbocycles. The van der Waals surface area contributed by atoms with Gasteiger partial charge in [0.25, 0.3) is 10.0 Å². The highest BCUT2D eigenvalue weighted by atomic mass is 32.2. The smallest absolute Gasteiger partial charge is 0.265 e. The van der Waals surface area contributed by atoms with E-state index in [4.69, 9.17) is 9.47 Å². The van der Waals surface area contributed by atoms with Gasteiger partial charge in [-0.05, 0) is 18.2 Å². The molecule has 0 saturated carbocycles. The molecule has 0 bridgehead atoms. The highest BCUT2D eigenvalue weighted by Gasteiger charge is 2.23. The molecule has 0 atom stereocenters. The molecule has 3 aromatic heterocycles. The fourth-order valence-corrected chi connectivity index (χ4v) is 3.47. The first-order valence-electron chi connectivity index (χ1n) is 8.23. The van der Waals surface area contributed by atoms with E-state index in [9.17, 15) is 17.2 Å². The predicted octanol–water partition coefficient (Wildman–Crippen LogP) is 2.98. The van der Waals surface area contributed by atoms with Crippen LogP contribution in [0, 0.1) is 0 Å². The number of alkyl halides is 2. The molecule has 3 rings (SSSR count). The van der Waals surface area contributed by atoms with Crippen molar-refractivity contribution in [3.63, 3.8) is 0 Å². The summed E-state index contributed by atoms with van der Waals surface area (Å²) in [5.41, 5.74) is 0.992. The summed E-state index contributed by atoms with van der Waals surface area (Å²) in [4.78, 5) is 14.6. The number of halogens is 2. The normalized spacial score (nSPS) is 11.5. The molecule has 0 aliphatic rings. The molecule has 158 valence electrons. The quantitative estimate of drug-likeness (QED) is 0.565. The second-order valence-electron chi connectivity index (χ2n) is 5.71. The lowest BCUT2D eigenvalue weighted by atomic mass is 10.2. The second kappa shape index (κ2) is 8.39. The number of pyridine rings is 1. The Bertz CT molecular complexity index is 1080. The van der Waals surface area contributed by atoms with Gasteiger partial charge in [-0.25, -0.2) is 21.9 Å². The number of methoxy groups -OCH3 is 2. The van der Waals surface area contributed by atoms with Crippen molar-refractivity contribution in [3.8, 4) is 23.1 Å². The largest absolute Gasteiger partial charge is 0.481 e. The minimum Gasteiger partial charge on any atom is -0.481 e. The van der Waals surface area contributed by atoms with Crippen LogP contribution in [-0.4, -0.2) is 49.0 Å². The van der Waals surface area contributed by atoms with Gasteiger partial charge in [-0.3, -0.25) is 4.98 Å². The highest BCUT2D eigenvalue weighted by molar-refractivity contribution is 7.92. The summed E-state index contributed by atoms with van der Waals surface area (Å²) in [6.45, 7) is 0. The third kappa shape index (κ3) is 4.59. The number of hydrogen-bond donors (Lipinski definition) is 2. The zero-order chi connectivity index (χ0) is 21.0. The summed E-state index contributed by atoms with van der Waals surface area (Å²) in [7, 11) is -1.63. The Morgan fingerprint density at radius 2 is 1.90 bits per heavy atom. The van der Waals surface area contributed by atoms with Gasteiger partial charge < -0.3 is 14.5 Å². The van der Waals surface area contributed by atoms with E-state index in [1.54, 1.807) is 24.4 Å². The van der Waals surface area contributed by atoms with Crippen LogP contribution in [0.2, 0.25) is 0 Å². The Kier molecular flexibility index (Phi) is 5.92. The van der Waals surface area contributed by atoms with Crippen molar-refractivity contribution in [3.05, 3.63) is 42.2 Å². The maximum Gasteiger partial charge on any atom is 0.265 e. The summed E-state index contributed by atoms with van der Waals surface area (Å²) in [6.07, 6.45) is -0.527. The summed E-state index contributed by atoms with van der Waals surface area (Å²) < 4.78 is 63.1. The summed E-state index contributed by atoms with van der Waals surface area (Å²) in [5, 5.41) is 0. The summed E-state index contributed by atoms with van der Waals surface area (Å²) in [6, 6.07) is 6.62. The van der Waals surface area contributed by atoms with Gasteiger partial charge in [-0.15, -0.1) is 0 Å². The van der Waals surface area contributed by atoms with E-state index in [1.807, 2.05) is 0 Å². The molecule has 0 aromatic carbocycles. The maximum absolute atomic E-state index is 12.8. The molecule has 0 spiro atoms. The van der Waals surface area contributed by atoms with Crippen LogP contribution >= 0.6 is 0 Å². The Morgan fingerprint density at radius 3 is 2.45 bits per heavy atom. The van der Waals surface area contributed by atoms with Gasteiger partial charge in [0.1, 0.15) is 4.90 Å². The number of ether oxygens (including phenoxy) is 2. The monoisotopic (exact) mass is 429 g/mol. The third-order valence-corrected chi connectivity index (χ3v) is 5.12. The first kappa shape index (κ1) is 20.5. The molecule has 0 unspecified atom stereocenters. The van der Waals surface area contributed by atoms with E-state index >= 15 is 0 Å². The molecule has 0 saturated heterocycles. The SMILES string of the molecule is COc1nc(NS(=O)(=O)c2c[nH]c(-c3ccccn3)c2)nc(OC)c1CC(F)F.[HH].[HH]. The van der Waals surface area contributed by atoms with Crippen molar-refractivity contribution in [2.75, 3.05) is 18.9 Å². The highest BCUT2D eigenvalue weighted by Crippen LogP contribution is 2.29. The fraction of sp³-hybridized carbons (Fsp3) is 0.235. The van der Waals surface area contributed by atoms with Crippen molar-refractivity contribution in [1.29, 1.82) is 0 Å². The molecular formula is C17H21F2N5O4S. The van der Waals surface area contributed by atoms with Gasteiger partial charge in [0.15, 0.2) is 0 Å². The van der Waals surface area contributed by atoms with Crippen molar-refractivity contribution in [1.82, 2.24) is 19.9 Å². The molecular weight excluding hydrogens is 408 g/mol. The predicted molar refractivity (Wildman–Crippen MR) is 104 cm³/mol. The number of aromatic nitrogens is 4. The Balaban J connectivity index is 0.00000240. The van der Waals surface area contributed by atoms with Crippen LogP contribution < -0.4 is 14.2 Å². The lowest BCUT2D eigenvalue weighted by Gasteiger charge is -2.13. The van der Waals surface area contributed by atoms with Crippen molar-refractivity contribution in [2.24, 2.45) is 0 Å². The fourth-order valence-electron chi connectivity index (χ4n) is 2.53. The zero-order valence-corrected chi connectivity index (χ0v) is 16.2. The standard InChI is InChI=1S/C17H17F2N5O4S.2H2/c1-27-15-11(8-14(18)19)16(28-2)23-17(22-15)24-29(25,26)10-7-13(21-9-10)12-5-3-4-6-20-12;;/h3-7,9,14,21H,8H2,1-2H3,(H,22,23,24);2*1H. The Labute approximate surface area is 168 Å². The van der Waals surface area contributed by atoms with Gasteiger partial charge in [-0.1, -0.05) is 6.07 Å². The van der Waals surface area contributed by atoms with Gasteiger partial charge in [0.2, 0.25) is 24.1 Å². The first-order chi connectivity index (χ1) is 13.8. The van der Waals surface area contributed by atoms with Crippen LogP contribution in [0.15, 0.2) is 41.6 Å². The molecule has 12 heteroatoms. The second-order valence-corrected chi connectivity index (χ2v) is 7.39. The number of sulfonamides is 1. The van der Waals surface area contributed by atoms with Crippen LogP contribution in [0.5, 0.6) is 11.8 Å². The number of anilines is 1. The van der Waals surface area contributed by atoms with Crippen LogP contribution in [-0.2, 0) is 16.4 Å². The van der Waals surface area contributed by atoms with Crippen molar-refractivity contribution in [2.45, 2.75) is 17.7 Å². The molecule has 0 fully saturated rings. The molecule has 3 heterocycles. The molecule has 3 aromatic rings. The van der Waals surface area contributed by atoms with Crippen molar-refractivity contribution >= 4 is 16.0 Å². The topological polar surface area (TPSA) is 119 Å². The average molecular weight is 429 g/mol. The summed E-state index contributed by atoms with van der Waals surface area (Å²) >= 11 is 0. The Hall–Kier alpha value is -3.28. The maximum atomic E-state index is 12.8. The molecule has 9 nitrogen and oxygen atoms in total. The number of rotatable bonds is 8. The van der Waals surface area contributed by atoms with Gasteiger partial charge in [-0.2, -0.15) is 9.97 Å². The number of nitrogens with one attached hydrogen (secondary N) is 2. The summed E-state index contributed by atoms with van der Waals surface area (Å²) in [5.74, 6) is -0.798. The number of nitrogens with zero attached hydrogens (tertiary/aromatic N) is 3. The van der Waals surface area contributed by atoms with Crippen molar-refractivity contribution < 1.29 is 29.5 Å². The zero-order valence-electron chi connectivity index (χ0n) is 15.4. The van der Waals surface area contributed by atoms with E-state index in [0.717, 1.165) is 0 Å². The Morgan fingerprint density at radius 1 is 1.21 bits per heavy atom. The van der Waals surface area contributed by atoms with Crippen LogP contribution in [0.25, 0.3) is 11.4 Å². The molecule has 0 radical (unpaired) electrons. The number of aromatic amines is 1. The van der Waals surface area contributed by atoms with E-state index in [0.29, 0.717) is 11.4 Å². The molecule has 29 heavy (non-hydrogen) atoms. The van der Waals surface area contributed by atoms with E-state index < -0.39 is 22.9 Å². The minimum atomic E-state index is -4.08. The van der Waals surface area contributed by atoms with Gasteiger partial charge in [0, 0.05) is 21.7 Å². The molecule has 0 aliphatic heterocycles. The van der Waals surface area contributed by atoms with E-state index in [-0.39, 0.29) is 31.0 Å². The van der Waals surface area contributed by atoms with E-state index in [2.05, 4.69) is 24.7 Å². The minimum absolute atomic E-state index is 0. The van der Waals surface area contributed by atoms with Gasteiger partial charge >= 0.3 is 0 Å². The molecule has 0 amide bonds. The first-order valence-corrected chi connectivity index (χ1v) is 9.72. The van der Waals surface area contributed by atoms with Gasteiger partial charge in [0.05, 0.1) is 31.2 Å². The lowest BCUT2D eigenvalue weighted by molar-refractivity contribution is 0.146. The number of hydrogen-bond acceptors (Lipinski definition) is 7. The lowest BCUT2D eigenvalue weighted by Crippen LogP contribution is -2.16. The average Bonchev–Trinajstić information content (AvgIpc) is 3.20. The van der Waals surface area contributed by atoms with Crippen LogP contribution in [0.3, 0.4) is 0 Å². The van der Waals surface area contributed by atoms with E-state index in [1.165, 1.54) is 26.5 Å². The van der Waals surface area contributed by atoms with Crippen LogP contribution in [0.4, 0.5) is 14.7 Å². The van der Waals surface area contributed by atoms with Crippen LogP contribution in [0.1, 0.15) is 8.42 Å². The number of H-pyrrole nitrogens is 1.